The van der Waals surface area contributed by atoms with E-state index in [0.717, 1.165) is 10.6 Å². The molecule has 0 aliphatic carbocycles. The van der Waals surface area contributed by atoms with Gasteiger partial charge in [-0.05, 0) is 24.3 Å². The second-order valence-electron chi connectivity index (χ2n) is 6.34. The van der Waals surface area contributed by atoms with Crippen LogP contribution in [0.5, 0.6) is 5.75 Å². The van der Waals surface area contributed by atoms with Crippen LogP contribution in [0.3, 0.4) is 0 Å². The summed E-state index contributed by atoms with van der Waals surface area (Å²) in [5.74, 6) is 0.518. The topological polar surface area (TPSA) is 75.7 Å². The van der Waals surface area contributed by atoms with Crippen molar-refractivity contribution in [1.29, 1.82) is 0 Å². The Labute approximate surface area is 156 Å². The summed E-state index contributed by atoms with van der Waals surface area (Å²) in [6.45, 7) is 2.67. The Morgan fingerprint density at radius 3 is 2.85 bits per heavy atom. The van der Waals surface area contributed by atoms with E-state index in [1.54, 1.807) is 53.1 Å². The molecule has 26 heavy (non-hydrogen) atoms. The Morgan fingerprint density at radius 2 is 2.08 bits per heavy atom. The van der Waals surface area contributed by atoms with Crippen LogP contribution < -0.4 is 14.4 Å². The van der Waals surface area contributed by atoms with Crippen molar-refractivity contribution in [1.82, 2.24) is 0 Å². The molecule has 1 amide bonds. The van der Waals surface area contributed by atoms with Gasteiger partial charge in [0.1, 0.15) is 5.75 Å². The second kappa shape index (κ2) is 6.21. The first kappa shape index (κ1) is 17.2. The van der Waals surface area contributed by atoms with E-state index in [1.165, 1.54) is 7.11 Å². The van der Waals surface area contributed by atoms with Crippen LogP contribution >= 0.6 is 11.8 Å². The predicted molar refractivity (Wildman–Crippen MR) is 102 cm³/mol. The molecular weight excluding hydrogens is 372 g/mol. The lowest BCUT2D eigenvalue weighted by Crippen LogP contribution is -2.35. The van der Waals surface area contributed by atoms with Crippen molar-refractivity contribution in [2.45, 2.75) is 28.4 Å². The number of hydrogen-bond donors (Lipinski definition) is 1. The number of methoxy groups -OCH3 is 1. The van der Waals surface area contributed by atoms with Crippen molar-refractivity contribution >= 4 is 39.1 Å². The van der Waals surface area contributed by atoms with E-state index in [1.807, 2.05) is 0 Å². The van der Waals surface area contributed by atoms with Gasteiger partial charge in [0.2, 0.25) is 5.91 Å². The molecule has 0 unspecified atom stereocenters. The number of thioether (sulfide) groups is 1. The average Bonchev–Trinajstić information content (AvgIpc) is 2.92. The Kier molecular flexibility index (Phi) is 4.11. The lowest BCUT2D eigenvalue weighted by Gasteiger charge is -2.29. The molecule has 1 atom stereocenters. The van der Waals surface area contributed by atoms with Crippen LogP contribution in [0.1, 0.15) is 12.5 Å². The number of rotatable bonds is 4. The minimum atomic E-state index is -3.82. The Balaban J connectivity index is 1.76. The van der Waals surface area contributed by atoms with Crippen molar-refractivity contribution < 1.29 is 17.9 Å². The highest BCUT2D eigenvalue weighted by Crippen LogP contribution is 2.46. The number of nitrogens with one attached hydrogen (secondary N) is 1. The summed E-state index contributed by atoms with van der Waals surface area (Å²) in [6, 6.07) is 10.1. The predicted octanol–water partition coefficient (Wildman–Crippen LogP) is 2.88. The number of ether oxygens (including phenoxy) is 1. The van der Waals surface area contributed by atoms with Gasteiger partial charge in [0.05, 0.1) is 29.8 Å². The maximum absolute atomic E-state index is 13.0. The monoisotopic (exact) mass is 390 g/mol. The van der Waals surface area contributed by atoms with Crippen LogP contribution in [-0.2, 0) is 21.2 Å². The van der Waals surface area contributed by atoms with Crippen LogP contribution in [0.4, 0.5) is 11.4 Å². The molecule has 2 aliphatic rings. The number of benzene rings is 2. The molecule has 0 aromatic heterocycles. The molecule has 0 saturated heterocycles. The molecule has 0 fully saturated rings. The van der Waals surface area contributed by atoms with Crippen molar-refractivity contribution in [3.8, 4) is 5.75 Å². The lowest BCUT2D eigenvalue weighted by molar-refractivity contribution is -0.117. The smallest absolute Gasteiger partial charge is 0.262 e. The zero-order valence-electron chi connectivity index (χ0n) is 14.4. The van der Waals surface area contributed by atoms with E-state index < -0.39 is 10.0 Å². The summed E-state index contributed by atoms with van der Waals surface area (Å²) in [5.41, 5.74) is 1.76. The van der Waals surface area contributed by atoms with E-state index in [-0.39, 0.29) is 22.5 Å². The molecule has 2 heterocycles. The molecule has 4 rings (SSSR count). The highest BCUT2D eigenvalue weighted by molar-refractivity contribution is 8.00. The molecule has 0 saturated carbocycles. The van der Waals surface area contributed by atoms with Crippen LogP contribution in [-0.4, -0.2) is 33.2 Å². The molecule has 2 aliphatic heterocycles. The van der Waals surface area contributed by atoms with Gasteiger partial charge in [0, 0.05) is 28.3 Å². The minimum absolute atomic E-state index is 0.0440. The number of carbonyl (C=O) groups is 1. The number of hydrogen-bond acceptors (Lipinski definition) is 5. The van der Waals surface area contributed by atoms with Gasteiger partial charge in [-0.1, -0.05) is 13.0 Å². The van der Waals surface area contributed by atoms with Crippen LogP contribution in [0.2, 0.25) is 0 Å². The molecule has 0 bridgehead atoms. The van der Waals surface area contributed by atoms with Gasteiger partial charge in [-0.15, -0.1) is 11.8 Å². The molecule has 0 spiro atoms. The standard InChI is InChI=1S/C18H18N2O4S2/c1-11-10-20-17(21)9-14-16(7-6-15(25-11)18(14)20)26(22,23)19-12-4-3-5-13(8-12)24-2/h3-8,11,19H,9-10H2,1-2H3/t11-/m1/s1. The van der Waals surface area contributed by atoms with Gasteiger partial charge in [-0.25, -0.2) is 8.42 Å². The fraction of sp³-hybridized carbons (Fsp3) is 0.278. The van der Waals surface area contributed by atoms with Gasteiger partial charge >= 0.3 is 0 Å². The first-order valence-corrected chi connectivity index (χ1v) is 10.5. The number of carbonyl (C=O) groups excluding carboxylic acids is 1. The summed E-state index contributed by atoms with van der Waals surface area (Å²) in [5, 5.41) is 0.287. The first-order valence-electron chi connectivity index (χ1n) is 8.19. The quantitative estimate of drug-likeness (QED) is 0.869. The third-order valence-corrected chi connectivity index (χ3v) is 7.08. The van der Waals surface area contributed by atoms with Crippen LogP contribution in [0.15, 0.2) is 46.2 Å². The normalized spacial score (nSPS) is 18.6. The van der Waals surface area contributed by atoms with Gasteiger partial charge in [0.15, 0.2) is 0 Å². The zero-order chi connectivity index (χ0) is 18.5. The Morgan fingerprint density at radius 1 is 1.27 bits per heavy atom. The molecule has 8 heteroatoms. The summed E-state index contributed by atoms with van der Waals surface area (Å²) in [7, 11) is -2.29. The van der Waals surface area contributed by atoms with Gasteiger partial charge in [-0.3, -0.25) is 9.52 Å². The third-order valence-electron chi connectivity index (χ3n) is 4.48. The van der Waals surface area contributed by atoms with E-state index in [0.29, 0.717) is 23.5 Å². The minimum Gasteiger partial charge on any atom is -0.497 e. The van der Waals surface area contributed by atoms with Crippen LogP contribution in [0, 0.1) is 0 Å². The van der Waals surface area contributed by atoms with Crippen molar-refractivity contribution in [3.63, 3.8) is 0 Å². The highest BCUT2D eigenvalue weighted by atomic mass is 32.2. The van der Waals surface area contributed by atoms with Gasteiger partial charge in [-0.2, -0.15) is 0 Å². The number of amides is 1. The fourth-order valence-electron chi connectivity index (χ4n) is 3.38. The van der Waals surface area contributed by atoms with Crippen molar-refractivity contribution in [3.05, 3.63) is 42.0 Å². The molecule has 6 nitrogen and oxygen atoms in total. The number of anilines is 2. The second-order valence-corrected chi connectivity index (χ2v) is 9.47. The Bertz CT molecular complexity index is 1000. The largest absolute Gasteiger partial charge is 0.497 e. The first-order chi connectivity index (χ1) is 12.4. The molecule has 136 valence electrons. The molecule has 0 radical (unpaired) electrons. The van der Waals surface area contributed by atoms with Gasteiger partial charge in [0.25, 0.3) is 10.0 Å². The molecule has 2 aromatic rings. The van der Waals surface area contributed by atoms with Crippen LogP contribution in [0.25, 0.3) is 0 Å². The molecular formula is C18H18N2O4S2. The van der Waals surface area contributed by atoms with E-state index in [4.69, 9.17) is 4.74 Å². The average molecular weight is 390 g/mol. The molecule has 1 N–H and O–H groups in total. The van der Waals surface area contributed by atoms with E-state index >= 15 is 0 Å². The highest BCUT2D eigenvalue weighted by Gasteiger charge is 2.38. The lowest BCUT2D eigenvalue weighted by atomic mass is 10.1. The summed E-state index contributed by atoms with van der Waals surface area (Å²) < 4.78 is 33.7. The summed E-state index contributed by atoms with van der Waals surface area (Å²) in [4.78, 5) is 15.2. The SMILES string of the molecule is COc1cccc(NS(=O)(=O)c2ccc3c4c2CC(=O)N4C[C@@H](C)S3)c1. The summed E-state index contributed by atoms with van der Waals surface area (Å²) in [6.07, 6.45) is 0.116. The summed E-state index contributed by atoms with van der Waals surface area (Å²) >= 11 is 1.67. The van der Waals surface area contributed by atoms with Crippen molar-refractivity contribution in [2.24, 2.45) is 0 Å². The maximum atomic E-state index is 13.0. The van der Waals surface area contributed by atoms with E-state index in [2.05, 4.69) is 11.6 Å². The maximum Gasteiger partial charge on any atom is 0.262 e. The van der Waals surface area contributed by atoms with E-state index in [9.17, 15) is 13.2 Å². The molecule has 2 aromatic carbocycles. The number of nitrogens with zero attached hydrogens (tertiary/aromatic N) is 1. The third kappa shape index (κ3) is 2.83. The Hall–Kier alpha value is -2.19. The fourth-order valence-corrected chi connectivity index (χ4v) is 5.82. The number of sulfonamides is 1. The van der Waals surface area contributed by atoms with Crippen molar-refractivity contribution in [2.75, 3.05) is 23.3 Å². The zero-order valence-corrected chi connectivity index (χ0v) is 16.0. The van der Waals surface area contributed by atoms with Gasteiger partial charge < -0.3 is 9.64 Å².